The lowest BCUT2D eigenvalue weighted by atomic mass is 10.1. The van der Waals surface area contributed by atoms with Crippen LogP contribution in [0.15, 0.2) is 48.5 Å². The van der Waals surface area contributed by atoms with Gasteiger partial charge in [0.1, 0.15) is 5.75 Å². The summed E-state index contributed by atoms with van der Waals surface area (Å²) < 4.78 is 5.71. The molecule has 2 amide bonds. The van der Waals surface area contributed by atoms with Crippen LogP contribution < -0.4 is 15.4 Å². The maximum atomic E-state index is 12.3. The maximum absolute atomic E-state index is 12.3. The highest BCUT2D eigenvalue weighted by Crippen LogP contribution is 2.31. The normalized spacial score (nSPS) is 16.8. The Hall–Kier alpha value is -2.82. The summed E-state index contributed by atoms with van der Waals surface area (Å²) in [5, 5.41) is 5.76. The summed E-state index contributed by atoms with van der Waals surface area (Å²) in [5.74, 6) is 0.140. The largest absolute Gasteiger partial charge is 0.478 e. The lowest BCUT2D eigenvalue weighted by Gasteiger charge is -2.26. The zero-order valence-corrected chi connectivity index (χ0v) is 15.1. The number of anilines is 1. The Morgan fingerprint density at radius 2 is 2.00 bits per heavy atom. The number of rotatable bonds is 6. The topological polar surface area (TPSA) is 67.4 Å². The summed E-state index contributed by atoms with van der Waals surface area (Å²) >= 11 is 0. The number of hydrogen-bond donors (Lipinski definition) is 2. The first-order valence-electron chi connectivity index (χ1n) is 8.93. The minimum absolute atomic E-state index is 0.00876. The Labute approximate surface area is 153 Å². The van der Waals surface area contributed by atoms with Gasteiger partial charge in [-0.15, -0.1) is 0 Å². The minimum atomic E-state index is -0.800. The molecular weight excluding hydrogens is 328 g/mol. The van der Waals surface area contributed by atoms with Crippen molar-refractivity contribution in [2.24, 2.45) is 0 Å². The summed E-state index contributed by atoms with van der Waals surface area (Å²) in [7, 11) is 0. The van der Waals surface area contributed by atoms with Crippen molar-refractivity contribution >= 4 is 17.5 Å². The van der Waals surface area contributed by atoms with E-state index in [-0.39, 0.29) is 24.3 Å². The smallest absolute Gasteiger partial charge is 0.266 e. The van der Waals surface area contributed by atoms with Gasteiger partial charge in [-0.05, 0) is 49.9 Å². The number of fused-ring (bicyclic) bond motifs is 1. The number of carbonyl (C=O) groups excluding carboxylic acids is 2. The van der Waals surface area contributed by atoms with Crippen molar-refractivity contribution in [1.29, 1.82) is 0 Å². The van der Waals surface area contributed by atoms with E-state index in [4.69, 9.17) is 4.74 Å². The highest BCUT2D eigenvalue weighted by atomic mass is 16.5. The van der Waals surface area contributed by atoms with Crippen LogP contribution in [0, 0.1) is 6.92 Å². The molecule has 2 N–H and O–H groups in total. The highest BCUT2D eigenvalue weighted by Gasteiger charge is 2.30. The molecule has 0 radical (unpaired) electrons. The molecule has 2 atom stereocenters. The molecule has 0 saturated heterocycles. The van der Waals surface area contributed by atoms with Gasteiger partial charge in [-0.25, -0.2) is 0 Å². The van der Waals surface area contributed by atoms with Gasteiger partial charge in [-0.3, -0.25) is 9.59 Å². The Morgan fingerprint density at radius 1 is 1.23 bits per heavy atom. The summed E-state index contributed by atoms with van der Waals surface area (Å²) in [5.41, 5.74) is 2.94. The zero-order valence-electron chi connectivity index (χ0n) is 15.1. The summed E-state index contributed by atoms with van der Waals surface area (Å²) in [6.07, 6.45) is 0.950. The molecule has 5 heteroatoms. The molecule has 0 bridgehead atoms. The fraction of sp³-hybridized carbons (Fsp3) is 0.333. The Morgan fingerprint density at radius 3 is 2.77 bits per heavy atom. The van der Waals surface area contributed by atoms with Crippen LogP contribution in [-0.2, 0) is 16.0 Å². The number of aryl methyl sites for hydroxylation is 2. The average molecular weight is 352 g/mol. The standard InChI is InChI=1S/C21H24N2O3/c1-14-8-11-18-17(12-14)23-21(25)19(26-18)13-20(24)22-15(2)9-10-16-6-4-3-5-7-16/h3-8,11-12,15,19H,9-10,13H2,1-2H3,(H,22,24)(H,23,25)/t15-,19-/m1/s1. The molecule has 0 unspecified atom stereocenters. The molecule has 1 aliphatic rings. The van der Waals surface area contributed by atoms with E-state index in [1.807, 2.05) is 50.2 Å². The molecule has 0 fully saturated rings. The van der Waals surface area contributed by atoms with Crippen LogP contribution in [0.1, 0.15) is 30.9 Å². The number of carbonyl (C=O) groups is 2. The van der Waals surface area contributed by atoms with Gasteiger partial charge in [0.25, 0.3) is 5.91 Å². The van der Waals surface area contributed by atoms with Gasteiger partial charge in [0.05, 0.1) is 12.1 Å². The molecule has 1 heterocycles. The second-order valence-corrected chi connectivity index (χ2v) is 6.79. The third-order valence-corrected chi connectivity index (χ3v) is 4.44. The molecule has 26 heavy (non-hydrogen) atoms. The monoisotopic (exact) mass is 352 g/mol. The number of ether oxygens (including phenoxy) is 1. The van der Waals surface area contributed by atoms with Gasteiger partial charge in [-0.1, -0.05) is 36.4 Å². The SMILES string of the molecule is Cc1ccc2c(c1)NC(=O)[C@@H](CC(=O)N[C@H](C)CCc1ccccc1)O2. The fourth-order valence-electron chi connectivity index (χ4n) is 3.00. The zero-order chi connectivity index (χ0) is 18.5. The van der Waals surface area contributed by atoms with Crippen LogP contribution in [0.3, 0.4) is 0 Å². The van der Waals surface area contributed by atoms with Crippen LogP contribution in [0.25, 0.3) is 0 Å². The Balaban J connectivity index is 1.50. The lowest BCUT2D eigenvalue weighted by molar-refractivity contribution is -0.130. The van der Waals surface area contributed by atoms with Crippen molar-refractivity contribution in [2.75, 3.05) is 5.32 Å². The van der Waals surface area contributed by atoms with Crippen molar-refractivity contribution in [3.63, 3.8) is 0 Å². The third-order valence-electron chi connectivity index (χ3n) is 4.44. The molecule has 0 aromatic heterocycles. The van der Waals surface area contributed by atoms with Crippen LogP contribution in [0.2, 0.25) is 0 Å². The van der Waals surface area contributed by atoms with Crippen LogP contribution in [-0.4, -0.2) is 24.0 Å². The van der Waals surface area contributed by atoms with Crippen molar-refractivity contribution in [2.45, 2.75) is 45.3 Å². The first kappa shape index (κ1) is 18.0. The summed E-state index contributed by atoms with van der Waals surface area (Å²) in [6.45, 7) is 3.92. The van der Waals surface area contributed by atoms with Gasteiger partial charge in [-0.2, -0.15) is 0 Å². The minimum Gasteiger partial charge on any atom is -0.478 e. The van der Waals surface area contributed by atoms with E-state index < -0.39 is 6.10 Å². The molecule has 0 spiro atoms. The summed E-state index contributed by atoms with van der Waals surface area (Å²) in [4.78, 5) is 24.5. The molecule has 2 aromatic rings. The number of benzene rings is 2. The van der Waals surface area contributed by atoms with E-state index in [1.54, 1.807) is 0 Å². The maximum Gasteiger partial charge on any atom is 0.266 e. The molecule has 0 saturated carbocycles. The van der Waals surface area contributed by atoms with E-state index >= 15 is 0 Å². The molecule has 0 aliphatic carbocycles. The van der Waals surface area contributed by atoms with E-state index in [1.165, 1.54) is 5.56 Å². The van der Waals surface area contributed by atoms with E-state index in [2.05, 4.69) is 22.8 Å². The van der Waals surface area contributed by atoms with Gasteiger partial charge < -0.3 is 15.4 Å². The molecule has 2 aromatic carbocycles. The summed E-state index contributed by atoms with van der Waals surface area (Å²) in [6, 6.07) is 15.8. The van der Waals surface area contributed by atoms with E-state index in [0.717, 1.165) is 18.4 Å². The van der Waals surface area contributed by atoms with Crippen molar-refractivity contribution in [3.05, 3.63) is 59.7 Å². The second-order valence-electron chi connectivity index (χ2n) is 6.79. The highest BCUT2D eigenvalue weighted by molar-refractivity contribution is 6.00. The number of hydrogen-bond acceptors (Lipinski definition) is 3. The number of amides is 2. The second kappa shape index (κ2) is 8.04. The van der Waals surface area contributed by atoms with E-state index in [9.17, 15) is 9.59 Å². The molecule has 5 nitrogen and oxygen atoms in total. The van der Waals surface area contributed by atoms with Gasteiger partial charge in [0.2, 0.25) is 5.91 Å². The van der Waals surface area contributed by atoms with Crippen molar-refractivity contribution in [1.82, 2.24) is 5.32 Å². The van der Waals surface area contributed by atoms with Crippen molar-refractivity contribution in [3.8, 4) is 5.75 Å². The first-order chi connectivity index (χ1) is 12.5. The van der Waals surface area contributed by atoms with Crippen LogP contribution in [0.5, 0.6) is 5.75 Å². The van der Waals surface area contributed by atoms with Crippen LogP contribution in [0.4, 0.5) is 5.69 Å². The fourth-order valence-corrected chi connectivity index (χ4v) is 3.00. The quantitative estimate of drug-likeness (QED) is 0.839. The molecular formula is C21H24N2O3. The first-order valence-corrected chi connectivity index (χ1v) is 8.93. The van der Waals surface area contributed by atoms with Gasteiger partial charge in [0.15, 0.2) is 6.10 Å². The van der Waals surface area contributed by atoms with Crippen LogP contribution >= 0.6 is 0 Å². The van der Waals surface area contributed by atoms with Gasteiger partial charge in [0, 0.05) is 6.04 Å². The Kier molecular flexibility index (Phi) is 5.56. The van der Waals surface area contributed by atoms with Gasteiger partial charge >= 0.3 is 0 Å². The Bertz CT molecular complexity index is 789. The predicted octanol–water partition coefficient (Wildman–Crippen LogP) is 3.22. The lowest BCUT2D eigenvalue weighted by Crippen LogP contribution is -2.42. The molecule has 3 rings (SSSR count). The van der Waals surface area contributed by atoms with Crippen molar-refractivity contribution < 1.29 is 14.3 Å². The molecule has 136 valence electrons. The average Bonchev–Trinajstić information content (AvgIpc) is 2.61. The number of nitrogens with one attached hydrogen (secondary N) is 2. The molecule has 1 aliphatic heterocycles. The third kappa shape index (κ3) is 4.63. The predicted molar refractivity (Wildman–Crippen MR) is 101 cm³/mol. The van der Waals surface area contributed by atoms with E-state index in [0.29, 0.717) is 11.4 Å².